The Morgan fingerprint density at radius 2 is 1.88 bits per heavy atom. The van der Waals surface area contributed by atoms with Gasteiger partial charge in [0.1, 0.15) is 11.6 Å². The van der Waals surface area contributed by atoms with Gasteiger partial charge in [0.2, 0.25) is 0 Å². The summed E-state index contributed by atoms with van der Waals surface area (Å²) in [4.78, 5) is 25.7. The molecular formula is C24H20ClFN4O3S. The first-order valence-electron chi connectivity index (χ1n) is 10.2. The highest BCUT2D eigenvalue weighted by Gasteiger charge is 2.17. The lowest BCUT2D eigenvalue weighted by Crippen LogP contribution is -2.22. The Bertz CT molecular complexity index is 1350. The van der Waals surface area contributed by atoms with Crippen molar-refractivity contribution >= 4 is 39.8 Å². The molecule has 0 saturated carbocycles. The number of thiophene rings is 1. The predicted octanol–water partition coefficient (Wildman–Crippen LogP) is 5.23. The zero-order valence-corrected chi connectivity index (χ0v) is 19.8. The monoisotopic (exact) mass is 498 g/mol. The van der Waals surface area contributed by atoms with Crippen molar-refractivity contribution in [2.45, 2.75) is 13.5 Å². The first kappa shape index (κ1) is 23.5. The van der Waals surface area contributed by atoms with Gasteiger partial charge in [-0.3, -0.25) is 9.59 Å². The van der Waals surface area contributed by atoms with Crippen molar-refractivity contribution in [1.82, 2.24) is 15.1 Å². The standard InChI is InChI=1S/C24H20ClFN4O3S/c1-14-11-21(28-23(31)19-8-3-15(26)12-20(19)25)34-22(14)24(32)27-13-16-9-10-30(29-16)17-4-6-18(33-2)7-5-17/h3-12H,13H2,1-2H3,(H,27,32)(H,28,31). The van der Waals surface area contributed by atoms with E-state index in [4.69, 9.17) is 16.3 Å². The van der Waals surface area contributed by atoms with Crippen LogP contribution in [0, 0.1) is 12.7 Å². The number of ether oxygens (including phenoxy) is 1. The summed E-state index contributed by atoms with van der Waals surface area (Å²) in [6.07, 6.45) is 1.81. The molecule has 4 aromatic rings. The van der Waals surface area contributed by atoms with Crippen molar-refractivity contribution in [1.29, 1.82) is 0 Å². The van der Waals surface area contributed by atoms with Crippen LogP contribution in [0.25, 0.3) is 5.69 Å². The molecule has 0 atom stereocenters. The van der Waals surface area contributed by atoms with Crippen molar-refractivity contribution < 1.29 is 18.7 Å². The van der Waals surface area contributed by atoms with Crippen molar-refractivity contribution in [2.24, 2.45) is 0 Å². The molecule has 0 aliphatic carbocycles. The van der Waals surface area contributed by atoms with Gasteiger partial charge in [-0.1, -0.05) is 11.6 Å². The molecule has 2 aromatic heterocycles. The van der Waals surface area contributed by atoms with E-state index in [1.165, 1.54) is 6.07 Å². The normalized spacial score (nSPS) is 10.7. The molecule has 0 aliphatic rings. The van der Waals surface area contributed by atoms with Crippen LogP contribution in [0.4, 0.5) is 9.39 Å². The van der Waals surface area contributed by atoms with Crippen LogP contribution in [-0.2, 0) is 6.54 Å². The molecule has 0 fully saturated rings. The number of rotatable bonds is 7. The van der Waals surface area contributed by atoms with E-state index in [1.807, 2.05) is 36.5 Å². The number of hydrogen-bond donors (Lipinski definition) is 2. The number of aromatic nitrogens is 2. The fourth-order valence-electron chi connectivity index (χ4n) is 3.21. The summed E-state index contributed by atoms with van der Waals surface area (Å²) in [5.41, 5.74) is 2.42. The van der Waals surface area contributed by atoms with Crippen LogP contribution in [0.2, 0.25) is 5.02 Å². The lowest BCUT2D eigenvalue weighted by molar-refractivity contribution is 0.0953. The molecule has 0 spiro atoms. The highest BCUT2D eigenvalue weighted by atomic mass is 35.5. The fraction of sp³-hybridized carbons (Fsp3) is 0.125. The molecule has 0 unspecified atom stereocenters. The summed E-state index contributed by atoms with van der Waals surface area (Å²) in [7, 11) is 1.61. The third-order valence-corrected chi connectivity index (χ3v) is 6.41. The second kappa shape index (κ2) is 10.1. The number of nitrogens with one attached hydrogen (secondary N) is 2. The molecule has 0 aliphatic heterocycles. The smallest absolute Gasteiger partial charge is 0.262 e. The number of carbonyl (C=O) groups is 2. The zero-order chi connectivity index (χ0) is 24.2. The van der Waals surface area contributed by atoms with E-state index in [-0.39, 0.29) is 23.0 Å². The van der Waals surface area contributed by atoms with Gasteiger partial charge < -0.3 is 15.4 Å². The van der Waals surface area contributed by atoms with Gasteiger partial charge in [0.25, 0.3) is 11.8 Å². The molecule has 0 bridgehead atoms. The van der Waals surface area contributed by atoms with Crippen LogP contribution >= 0.6 is 22.9 Å². The second-order valence-electron chi connectivity index (χ2n) is 7.33. The number of hydrogen-bond acceptors (Lipinski definition) is 5. The Labute approximate surface area is 204 Å². The van der Waals surface area contributed by atoms with E-state index in [0.717, 1.165) is 34.9 Å². The summed E-state index contributed by atoms with van der Waals surface area (Å²) in [5.74, 6) is -0.531. The van der Waals surface area contributed by atoms with Crippen LogP contribution in [0.15, 0.2) is 60.8 Å². The molecule has 7 nitrogen and oxygen atoms in total. The number of benzene rings is 2. The summed E-state index contributed by atoms with van der Waals surface area (Å²) >= 11 is 7.10. The molecule has 4 rings (SSSR count). The number of nitrogens with zero attached hydrogens (tertiary/aromatic N) is 2. The van der Waals surface area contributed by atoms with Gasteiger partial charge in [0.05, 0.1) is 45.5 Å². The molecule has 0 radical (unpaired) electrons. The lowest BCUT2D eigenvalue weighted by atomic mass is 10.2. The van der Waals surface area contributed by atoms with Gasteiger partial charge in [-0.15, -0.1) is 11.3 Å². The molecule has 174 valence electrons. The quantitative estimate of drug-likeness (QED) is 0.365. The number of aryl methyl sites for hydroxylation is 1. The van der Waals surface area contributed by atoms with Crippen molar-refractivity contribution in [2.75, 3.05) is 12.4 Å². The topological polar surface area (TPSA) is 85.2 Å². The largest absolute Gasteiger partial charge is 0.497 e. The average molecular weight is 499 g/mol. The molecule has 2 N–H and O–H groups in total. The first-order valence-corrected chi connectivity index (χ1v) is 11.4. The maximum absolute atomic E-state index is 13.2. The highest BCUT2D eigenvalue weighted by molar-refractivity contribution is 7.18. The predicted molar refractivity (Wildman–Crippen MR) is 130 cm³/mol. The summed E-state index contributed by atoms with van der Waals surface area (Å²) in [6.45, 7) is 2.02. The van der Waals surface area contributed by atoms with Crippen molar-refractivity contribution in [3.8, 4) is 11.4 Å². The molecule has 34 heavy (non-hydrogen) atoms. The Balaban J connectivity index is 1.38. The first-order chi connectivity index (χ1) is 16.3. The van der Waals surface area contributed by atoms with E-state index < -0.39 is 11.7 Å². The van der Waals surface area contributed by atoms with Gasteiger partial charge in [-0.05, 0) is 67.1 Å². The number of carbonyl (C=O) groups excluding carboxylic acids is 2. The summed E-state index contributed by atoms with van der Waals surface area (Å²) in [5, 5.41) is 10.5. The molecule has 10 heteroatoms. The van der Waals surface area contributed by atoms with Crippen molar-refractivity contribution in [3.63, 3.8) is 0 Å². The highest BCUT2D eigenvalue weighted by Crippen LogP contribution is 2.28. The van der Waals surface area contributed by atoms with Crippen LogP contribution < -0.4 is 15.4 Å². The number of methoxy groups -OCH3 is 1. The maximum Gasteiger partial charge on any atom is 0.262 e. The molecular weight excluding hydrogens is 479 g/mol. The Hall–Kier alpha value is -3.69. The molecule has 2 heterocycles. The second-order valence-corrected chi connectivity index (χ2v) is 8.79. The van der Waals surface area contributed by atoms with E-state index >= 15 is 0 Å². The van der Waals surface area contributed by atoms with Gasteiger partial charge in [-0.2, -0.15) is 5.10 Å². The third-order valence-electron chi connectivity index (χ3n) is 4.95. The minimum absolute atomic E-state index is 0.0119. The van der Waals surface area contributed by atoms with Gasteiger partial charge in [-0.25, -0.2) is 9.07 Å². The molecule has 2 amide bonds. The molecule has 0 saturated heterocycles. The van der Waals surface area contributed by atoms with Crippen LogP contribution in [0.3, 0.4) is 0 Å². The van der Waals surface area contributed by atoms with Crippen LogP contribution in [-0.4, -0.2) is 28.7 Å². The Morgan fingerprint density at radius 1 is 1.12 bits per heavy atom. The third kappa shape index (κ3) is 5.27. The minimum Gasteiger partial charge on any atom is -0.497 e. The van der Waals surface area contributed by atoms with Gasteiger partial charge in [0, 0.05) is 6.20 Å². The Morgan fingerprint density at radius 3 is 2.59 bits per heavy atom. The lowest BCUT2D eigenvalue weighted by Gasteiger charge is -2.05. The van der Waals surface area contributed by atoms with Gasteiger partial charge >= 0.3 is 0 Å². The summed E-state index contributed by atoms with van der Waals surface area (Å²) < 4.78 is 20.1. The van der Waals surface area contributed by atoms with Crippen molar-refractivity contribution in [3.05, 3.63) is 93.3 Å². The van der Waals surface area contributed by atoms with E-state index in [2.05, 4.69) is 15.7 Å². The Kier molecular flexibility index (Phi) is 6.95. The van der Waals surface area contributed by atoms with Gasteiger partial charge in [0.15, 0.2) is 0 Å². The maximum atomic E-state index is 13.2. The zero-order valence-electron chi connectivity index (χ0n) is 18.3. The van der Waals surface area contributed by atoms with Crippen LogP contribution in [0.5, 0.6) is 5.75 Å². The minimum atomic E-state index is -0.527. The van der Waals surface area contributed by atoms with E-state index in [1.54, 1.807) is 24.8 Å². The van der Waals surface area contributed by atoms with Crippen LogP contribution in [0.1, 0.15) is 31.3 Å². The number of halogens is 2. The number of anilines is 1. The van der Waals surface area contributed by atoms with E-state index in [0.29, 0.717) is 21.1 Å². The van der Waals surface area contributed by atoms with E-state index in [9.17, 15) is 14.0 Å². The fourth-order valence-corrected chi connectivity index (χ4v) is 4.44. The summed E-state index contributed by atoms with van der Waals surface area (Å²) in [6, 6.07) is 14.5. The average Bonchev–Trinajstić information content (AvgIpc) is 3.44. The molecule has 2 aromatic carbocycles. The SMILES string of the molecule is COc1ccc(-n2ccc(CNC(=O)c3sc(NC(=O)c4ccc(F)cc4Cl)cc3C)n2)cc1. The number of amides is 2.